The van der Waals surface area contributed by atoms with Gasteiger partial charge in [-0.05, 0) is 37.0 Å². The number of alkyl halides is 3. The van der Waals surface area contributed by atoms with E-state index in [1.54, 1.807) is 7.05 Å². The number of ether oxygens (including phenoxy) is 1. The number of benzene rings is 1. The summed E-state index contributed by atoms with van der Waals surface area (Å²) in [4.78, 5) is 20.1. The molecule has 1 aliphatic heterocycles. The lowest BCUT2D eigenvalue weighted by Crippen LogP contribution is -2.54. The first-order valence-corrected chi connectivity index (χ1v) is 10.3. The fraction of sp³-hybridized carbons (Fsp3) is 0.524. The number of aliphatic hydroxyl groups excluding tert-OH is 2. The SMILES string of the molecule is CC(C)CCn1c(Oc2cccc(C(F)(F)F)c2)nc2c1C(=O)N(CCCO)C(O)N2C. The zero-order valence-corrected chi connectivity index (χ0v) is 18.1. The Kier molecular flexibility index (Phi) is 6.99. The molecule has 176 valence electrons. The smallest absolute Gasteiger partial charge is 0.416 e. The molecule has 3 rings (SSSR count). The number of imidazole rings is 1. The highest BCUT2D eigenvalue weighted by Crippen LogP contribution is 2.36. The first-order chi connectivity index (χ1) is 15.0. The zero-order valence-electron chi connectivity index (χ0n) is 18.1. The molecule has 0 saturated carbocycles. The molecule has 0 aliphatic carbocycles. The predicted molar refractivity (Wildman–Crippen MR) is 110 cm³/mol. The molecule has 32 heavy (non-hydrogen) atoms. The van der Waals surface area contributed by atoms with Gasteiger partial charge in [-0.15, -0.1) is 0 Å². The molecule has 1 aromatic heterocycles. The fourth-order valence-corrected chi connectivity index (χ4v) is 3.41. The first kappa shape index (κ1) is 23.9. The molecule has 1 atom stereocenters. The average molecular weight is 456 g/mol. The maximum absolute atomic E-state index is 13.2. The quantitative estimate of drug-likeness (QED) is 0.634. The summed E-state index contributed by atoms with van der Waals surface area (Å²) >= 11 is 0. The van der Waals surface area contributed by atoms with Gasteiger partial charge in [-0.3, -0.25) is 14.3 Å². The molecule has 11 heteroatoms. The molecule has 0 radical (unpaired) electrons. The van der Waals surface area contributed by atoms with E-state index in [0.717, 1.165) is 12.1 Å². The van der Waals surface area contributed by atoms with E-state index < -0.39 is 24.0 Å². The van der Waals surface area contributed by atoms with E-state index in [-0.39, 0.29) is 48.8 Å². The molecule has 0 fully saturated rings. The van der Waals surface area contributed by atoms with Gasteiger partial charge in [0.2, 0.25) is 6.35 Å². The van der Waals surface area contributed by atoms with Crippen LogP contribution in [0, 0.1) is 5.92 Å². The second-order valence-corrected chi connectivity index (χ2v) is 8.06. The van der Waals surface area contributed by atoms with E-state index in [9.17, 15) is 23.1 Å². The van der Waals surface area contributed by atoms with E-state index in [4.69, 9.17) is 9.84 Å². The van der Waals surface area contributed by atoms with E-state index in [1.807, 2.05) is 13.8 Å². The van der Waals surface area contributed by atoms with Crippen LogP contribution >= 0.6 is 0 Å². The van der Waals surface area contributed by atoms with Gasteiger partial charge in [0.15, 0.2) is 11.5 Å². The van der Waals surface area contributed by atoms with Crippen LogP contribution in [0.3, 0.4) is 0 Å². The number of fused-ring (bicyclic) bond motifs is 1. The highest BCUT2D eigenvalue weighted by atomic mass is 19.4. The number of nitrogens with zero attached hydrogens (tertiary/aromatic N) is 4. The van der Waals surface area contributed by atoms with Crippen LogP contribution in [-0.4, -0.2) is 57.1 Å². The van der Waals surface area contributed by atoms with Crippen LogP contribution < -0.4 is 9.64 Å². The van der Waals surface area contributed by atoms with Crippen LogP contribution in [0.4, 0.5) is 19.0 Å². The standard InChI is InChI=1S/C21H27F3N4O4/c1-13(2)8-10-27-16-17(26(3)20(31)28(18(16)30)9-5-11-29)25-19(27)32-15-7-4-6-14(12-15)21(22,23)24/h4,6-7,12-13,20,29,31H,5,8-11H2,1-3H3. The van der Waals surface area contributed by atoms with Crippen molar-refractivity contribution in [2.45, 2.75) is 45.8 Å². The van der Waals surface area contributed by atoms with Crippen molar-refractivity contribution in [3.8, 4) is 11.8 Å². The van der Waals surface area contributed by atoms with Crippen molar-refractivity contribution in [2.24, 2.45) is 5.92 Å². The number of halogens is 3. The third-order valence-electron chi connectivity index (χ3n) is 5.19. The van der Waals surface area contributed by atoms with Crippen LogP contribution in [0.2, 0.25) is 0 Å². The van der Waals surface area contributed by atoms with Gasteiger partial charge in [-0.2, -0.15) is 18.2 Å². The summed E-state index contributed by atoms with van der Waals surface area (Å²) in [5.41, 5.74) is -0.683. The molecular formula is C21H27F3N4O4. The minimum Gasteiger partial charge on any atom is -0.425 e. The Hall–Kier alpha value is -2.79. The van der Waals surface area contributed by atoms with Crippen molar-refractivity contribution in [3.05, 3.63) is 35.5 Å². The number of carbonyl (C=O) groups is 1. The van der Waals surface area contributed by atoms with Crippen LogP contribution in [0.5, 0.6) is 11.8 Å². The van der Waals surface area contributed by atoms with E-state index in [0.29, 0.717) is 13.0 Å². The minimum absolute atomic E-state index is 0.0358. The molecule has 1 aliphatic rings. The highest BCUT2D eigenvalue weighted by Gasteiger charge is 2.40. The number of hydrogen-bond donors (Lipinski definition) is 2. The third-order valence-corrected chi connectivity index (χ3v) is 5.19. The summed E-state index contributed by atoms with van der Waals surface area (Å²) in [5.74, 6) is -0.106. The molecule has 0 saturated heterocycles. The molecule has 2 N–H and O–H groups in total. The van der Waals surface area contributed by atoms with Gasteiger partial charge < -0.3 is 19.8 Å². The first-order valence-electron chi connectivity index (χ1n) is 10.3. The normalized spacial score (nSPS) is 16.7. The third kappa shape index (κ3) is 4.83. The van der Waals surface area contributed by atoms with Gasteiger partial charge in [0, 0.05) is 26.7 Å². The summed E-state index contributed by atoms with van der Waals surface area (Å²) in [6.45, 7) is 4.32. The summed E-state index contributed by atoms with van der Waals surface area (Å²) in [5, 5.41) is 19.7. The molecule has 1 amide bonds. The lowest BCUT2D eigenvalue weighted by atomic mass is 10.1. The van der Waals surface area contributed by atoms with E-state index in [2.05, 4.69) is 4.98 Å². The van der Waals surface area contributed by atoms with Gasteiger partial charge in [0.05, 0.1) is 5.56 Å². The Morgan fingerprint density at radius 3 is 2.59 bits per heavy atom. The average Bonchev–Trinajstić information content (AvgIpc) is 3.08. The topological polar surface area (TPSA) is 91.1 Å². The Morgan fingerprint density at radius 1 is 1.25 bits per heavy atom. The highest BCUT2D eigenvalue weighted by molar-refractivity contribution is 5.99. The number of anilines is 1. The van der Waals surface area contributed by atoms with E-state index >= 15 is 0 Å². The van der Waals surface area contributed by atoms with Gasteiger partial charge in [-0.25, -0.2) is 0 Å². The number of aromatic nitrogens is 2. The Morgan fingerprint density at radius 2 is 1.97 bits per heavy atom. The summed E-state index contributed by atoms with van der Waals surface area (Å²) in [6.07, 6.45) is -4.88. The fourth-order valence-electron chi connectivity index (χ4n) is 3.41. The van der Waals surface area contributed by atoms with Gasteiger partial charge >= 0.3 is 12.2 Å². The molecule has 1 aromatic carbocycles. The van der Waals surface area contributed by atoms with Crippen LogP contribution in [-0.2, 0) is 12.7 Å². The molecule has 1 unspecified atom stereocenters. The molecule has 0 bridgehead atoms. The van der Waals surface area contributed by atoms with E-state index in [1.165, 1.54) is 26.5 Å². The number of rotatable bonds is 8. The number of aliphatic hydroxyl groups is 2. The summed E-state index contributed by atoms with van der Waals surface area (Å²) in [6, 6.07) is 4.39. The van der Waals surface area contributed by atoms with Crippen LogP contribution in [0.1, 0.15) is 42.7 Å². The predicted octanol–water partition coefficient (Wildman–Crippen LogP) is 3.29. The second kappa shape index (κ2) is 9.37. The lowest BCUT2D eigenvalue weighted by Gasteiger charge is -2.38. The van der Waals surface area contributed by atoms with Gasteiger partial charge in [0.25, 0.3) is 5.91 Å². The Balaban J connectivity index is 2.04. The van der Waals surface area contributed by atoms with Crippen molar-refractivity contribution in [3.63, 3.8) is 0 Å². The Bertz CT molecular complexity index is 961. The summed E-state index contributed by atoms with van der Waals surface area (Å²) in [7, 11) is 1.55. The second-order valence-electron chi connectivity index (χ2n) is 8.06. The maximum Gasteiger partial charge on any atom is 0.416 e. The largest absolute Gasteiger partial charge is 0.425 e. The van der Waals surface area contributed by atoms with Crippen molar-refractivity contribution in [2.75, 3.05) is 25.1 Å². The molecule has 0 spiro atoms. The van der Waals surface area contributed by atoms with Crippen molar-refractivity contribution >= 4 is 11.7 Å². The number of carbonyl (C=O) groups excluding carboxylic acids is 1. The minimum atomic E-state index is -4.53. The van der Waals surface area contributed by atoms with Crippen molar-refractivity contribution < 1.29 is 32.9 Å². The lowest BCUT2D eigenvalue weighted by molar-refractivity contribution is -0.137. The molecular weight excluding hydrogens is 429 g/mol. The zero-order chi connectivity index (χ0) is 23.6. The van der Waals surface area contributed by atoms with Crippen molar-refractivity contribution in [1.82, 2.24) is 14.5 Å². The van der Waals surface area contributed by atoms with Gasteiger partial charge in [-0.1, -0.05) is 19.9 Å². The summed E-state index contributed by atoms with van der Waals surface area (Å²) < 4.78 is 46.5. The Labute approximate surface area is 183 Å². The maximum atomic E-state index is 13.2. The van der Waals surface area contributed by atoms with Gasteiger partial charge in [0.1, 0.15) is 5.75 Å². The molecule has 2 heterocycles. The van der Waals surface area contributed by atoms with Crippen LogP contribution in [0.25, 0.3) is 0 Å². The number of hydrogen-bond acceptors (Lipinski definition) is 6. The van der Waals surface area contributed by atoms with Crippen LogP contribution in [0.15, 0.2) is 24.3 Å². The monoisotopic (exact) mass is 456 g/mol. The molecule has 2 aromatic rings. The number of amides is 1. The van der Waals surface area contributed by atoms with Crippen molar-refractivity contribution in [1.29, 1.82) is 0 Å². The molecule has 8 nitrogen and oxygen atoms in total.